The van der Waals surface area contributed by atoms with Crippen LogP contribution >= 0.6 is 0 Å². The van der Waals surface area contributed by atoms with Crippen molar-refractivity contribution in [2.75, 3.05) is 7.05 Å². The summed E-state index contributed by atoms with van der Waals surface area (Å²) >= 11 is 0. The zero-order valence-corrected chi connectivity index (χ0v) is 13.3. The van der Waals surface area contributed by atoms with Gasteiger partial charge in [0.1, 0.15) is 0 Å². The standard InChI is InChI=1S/C7H7N2O.CH3.2W/c1-8-7(10)6-4-2-3-5-9-6;;;/h2,4-5H,1H3,(H,8,10);1H3;;/q2*-1;;+2. The molecule has 0 aliphatic rings. The molecule has 3 nitrogen and oxygen atoms in total. The number of pyridine rings is 1. The van der Waals surface area contributed by atoms with E-state index in [0.29, 0.717) is 5.69 Å². The van der Waals surface area contributed by atoms with Gasteiger partial charge in [-0.3, -0.25) is 9.78 Å². The molecule has 1 aromatic rings. The maximum Gasteiger partial charge on any atom is 2.00 e. The number of hydrogen-bond acceptors (Lipinski definition) is 2. The van der Waals surface area contributed by atoms with Crippen LogP contribution in [0.1, 0.15) is 10.5 Å². The Morgan fingerprint density at radius 3 is 2.62 bits per heavy atom. The number of amides is 1. The smallest absolute Gasteiger partial charge is 0.358 e. The maximum atomic E-state index is 10.8. The van der Waals surface area contributed by atoms with Crippen LogP contribution in [0.5, 0.6) is 0 Å². The van der Waals surface area contributed by atoms with Gasteiger partial charge in [0.25, 0.3) is 5.91 Å². The number of carbonyl (C=O) groups is 1. The second-order valence-electron chi connectivity index (χ2n) is 1.72. The maximum absolute atomic E-state index is 10.8. The molecule has 0 saturated carbocycles. The first-order valence-corrected chi connectivity index (χ1v) is 2.89. The van der Waals surface area contributed by atoms with Gasteiger partial charge in [0.15, 0.2) is 0 Å². The molecule has 0 aromatic carbocycles. The number of hydrogen-bond donors (Lipinski definition) is 1. The van der Waals surface area contributed by atoms with Crippen LogP contribution in [0.4, 0.5) is 0 Å². The molecule has 1 amide bonds. The van der Waals surface area contributed by atoms with E-state index in [1.54, 1.807) is 19.2 Å². The number of aromatic nitrogens is 1. The summed E-state index contributed by atoms with van der Waals surface area (Å²) < 4.78 is 0. The minimum atomic E-state index is -0.172. The zero-order valence-electron chi connectivity index (χ0n) is 7.40. The molecule has 0 aliphatic carbocycles. The van der Waals surface area contributed by atoms with Gasteiger partial charge in [0.2, 0.25) is 0 Å². The van der Waals surface area contributed by atoms with E-state index in [0.717, 1.165) is 0 Å². The average Bonchev–Trinajstić information content (AvgIpc) is 2.05. The molecular weight excluding hydrogens is 508 g/mol. The Morgan fingerprint density at radius 2 is 2.23 bits per heavy atom. The molecule has 0 unspecified atom stereocenters. The minimum Gasteiger partial charge on any atom is -0.358 e. The van der Waals surface area contributed by atoms with E-state index in [1.807, 2.05) is 0 Å². The van der Waals surface area contributed by atoms with Crippen molar-refractivity contribution >= 4 is 5.91 Å². The molecule has 1 N–H and O–H groups in total. The molecule has 5 heteroatoms. The Bertz CT molecular complexity index is 229. The largest absolute Gasteiger partial charge is 2.00 e. The second-order valence-corrected chi connectivity index (χ2v) is 1.72. The summed E-state index contributed by atoms with van der Waals surface area (Å²) in [4.78, 5) is 14.6. The van der Waals surface area contributed by atoms with Crippen LogP contribution in [0.25, 0.3) is 0 Å². The first-order valence-electron chi connectivity index (χ1n) is 2.89. The van der Waals surface area contributed by atoms with Crippen molar-refractivity contribution in [3.05, 3.63) is 37.5 Å². The molecule has 13 heavy (non-hydrogen) atoms. The fourth-order valence-corrected chi connectivity index (χ4v) is 0.582. The molecule has 70 valence electrons. The van der Waals surface area contributed by atoms with Crippen LogP contribution in [-0.4, -0.2) is 17.9 Å². The molecule has 0 atom stereocenters. The number of carbonyl (C=O) groups excluding carboxylic acids is 1. The van der Waals surface area contributed by atoms with Gasteiger partial charge in [-0.15, -0.1) is 0 Å². The molecule has 1 heterocycles. The van der Waals surface area contributed by atoms with Gasteiger partial charge < -0.3 is 12.7 Å². The van der Waals surface area contributed by atoms with Gasteiger partial charge in [-0.25, -0.2) is 12.1 Å². The van der Waals surface area contributed by atoms with E-state index < -0.39 is 0 Å². The Kier molecular flexibility index (Phi) is 14.5. The van der Waals surface area contributed by atoms with E-state index >= 15 is 0 Å². The molecule has 0 aliphatic heterocycles. The monoisotopic (exact) mass is 518 g/mol. The quantitative estimate of drug-likeness (QED) is 0.557. The molecular formula is C8H10N2OW2. The average molecular weight is 518 g/mol. The summed E-state index contributed by atoms with van der Waals surface area (Å²) in [6.07, 6.45) is 1.46. The Morgan fingerprint density at radius 1 is 1.62 bits per heavy atom. The first kappa shape index (κ1) is 18.7. The van der Waals surface area contributed by atoms with Crippen LogP contribution in [0.2, 0.25) is 0 Å². The molecule has 0 radical (unpaired) electrons. The van der Waals surface area contributed by atoms with Crippen molar-refractivity contribution in [1.29, 1.82) is 0 Å². The number of nitrogens with one attached hydrogen (secondary N) is 1. The molecule has 0 saturated heterocycles. The summed E-state index contributed by atoms with van der Waals surface area (Å²) in [6.45, 7) is 0. The predicted octanol–water partition coefficient (Wildman–Crippen LogP) is 0.687. The van der Waals surface area contributed by atoms with Gasteiger partial charge in [0, 0.05) is 33.8 Å². The molecule has 1 rings (SSSR count). The normalized spacial score (nSPS) is 6.85. The predicted molar refractivity (Wildman–Crippen MR) is 42.9 cm³/mol. The van der Waals surface area contributed by atoms with Gasteiger partial charge in [-0.2, -0.15) is 6.07 Å². The fourth-order valence-electron chi connectivity index (χ4n) is 0.582. The molecule has 0 bridgehead atoms. The van der Waals surface area contributed by atoms with Crippen molar-refractivity contribution < 1.29 is 46.9 Å². The zero-order chi connectivity index (χ0) is 7.40. The van der Waals surface area contributed by atoms with E-state index in [1.165, 1.54) is 6.20 Å². The molecule has 0 spiro atoms. The van der Waals surface area contributed by atoms with Crippen LogP contribution in [0, 0.1) is 13.5 Å². The van der Waals surface area contributed by atoms with Crippen molar-refractivity contribution in [1.82, 2.24) is 10.3 Å². The van der Waals surface area contributed by atoms with E-state index in [4.69, 9.17) is 0 Å². The molecule has 1 aromatic heterocycles. The van der Waals surface area contributed by atoms with Crippen LogP contribution < -0.4 is 5.32 Å². The van der Waals surface area contributed by atoms with Gasteiger partial charge in [0.05, 0.1) is 0 Å². The van der Waals surface area contributed by atoms with E-state index in [2.05, 4.69) is 16.4 Å². The fraction of sp³-hybridized carbons (Fsp3) is 0.125. The summed E-state index contributed by atoms with van der Waals surface area (Å²) in [5.41, 5.74) is 0.418. The Hall–Kier alpha value is -0.00338. The number of nitrogens with zero attached hydrogens (tertiary/aromatic N) is 1. The molecule has 0 fully saturated rings. The summed E-state index contributed by atoms with van der Waals surface area (Å²) in [5, 5.41) is 2.47. The van der Waals surface area contributed by atoms with Crippen LogP contribution in [0.3, 0.4) is 0 Å². The third-order valence-electron chi connectivity index (χ3n) is 1.08. The summed E-state index contributed by atoms with van der Waals surface area (Å²) in [6, 6.07) is 5.98. The van der Waals surface area contributed by atoms with Crippen LogP contribution in [-0.2, 0) is 42.1 Å². The van der Waals surface area contributed by atoms with Crippen molar-refractivity contribution in [3.63, 3.8) is 0 Å². The van der Waals surface area contributed by atoms with Gasteiger partial charge in [-0.05, 0) is 0 Å². The van der Waals surface area contributed by atoms with Crippen molar-refractivity contribution in [2.24, 2.45) is 0 Å². The van der Waals surface area contributed by atoms with Gasteiger partial charge in [-0.1, -0.05) is 6.20 Å². The second kappa shape index (κ2) is 10.1. The minimum absolute atomic E-state index is 0. The first-order chi connectivity index (χ1) is 4.84. The van der Waals surface area contributed by atoms with E-state index in [9.17, 15) is 4.79 Å². The Labute approximate surface area is 107 Å². The Balaban J connectivity index is -0.000000333. The summed E-state index contributed by atoms with van der Waals surface area (Å²) in [5.74, 6) is -0.172. The van der Waals surface area contributed by atoms with Gasteiger partial charge >= 0.3 is 21.1 Å². The van der Waals surface area contributed by atoms with Crippen molar-refractivity contribution in [2.45, 2.75) is 0 Å². The SMILES string of the molecule is CNC(=O)c1cc[c-]cn1.[CH3-].[W+2].[W]. The topological polar surface area (TPSA) is 42.0 Å². The van der Waals surface area contributed by atoms with Crippen LogP contribution in [0.15, 0.2) is 18.3 Å². The van der Waals surface area contributed by atoms with Crippen molar-refractivity contribution in [3.8, 4) is 0 Å². The van der Waals surface area contributed by atoms with E-state index in [-0.39, 0.29) is 55.5 Å². The number of rotatable bonds is 1. The third kappa shape index (κ3) is 6.12. The summed E-state index contributed by atoms with van der Waals surface area (Å²) in [7, 11) is 1.57. The third-order valence-corrected chi connectivity index (χ3v) is 1.08.